The number of esters is 1. The molecule has 0 aromatic rings. The first-order valence-electron chi connectivity index (χ1n) is 15.4. The molecule has 6 heteroatoms. The fourth-order valence-electron chi connectivity index (χ4n) is 4.20. The van der Waals surface area contributed by atoms with E-state index in [4.69, 9.17) is 14.2 Å². The van der Waals surface area contributed by atoms with E-state index in [1.165, 1.54) is 83.5 Å². The van der Waals surface area contributed by atoms with E-state index >= 15 is 0 Å². The van der Waals surface area contributed by atoms with E-state index in [2.05, 4.69) is 31.3 Å². The highest BCUT2D eigenvalue weighted by atomic mass is 16.6. The van der Waals surface area contributed by atoms with Crippen LogP contribution in [0.5, 0.6) is 0 Å². The lowest BCUT2D eigenvalue weighted by atomic mass is 10.1. The Labute approximate surface area is 228 Å². The van der Waals surface area contributed by atoms with Gasteiger partial charge in [0.15, 0.2) is 0 Å². The average molecular weight is 526 g/mol. The first kappa shape index (κ1) is 35.4. The van der Waals surface area contributed by atoms with Crippen LogP contribution in [0.15, 0.2) is 12.2 Å². The maximum atomic E-state index is 12.2. The van der Waals surface area contributed by atoms with Gasteiger partial charge in [-0.15, -0.1) is 0 Å². The number of nitrogens with one attached hydrogen (secondary N) is 1. The van der Waals surface area contributed by atoms with Gasteiger partial charge in [-0.1, -0.05) is 109 Å². The van der Waals surface area contributed by atoms with Gasteiger partial charge in [0.2, 0.25) is 0 Å². The van der Waals surface area contributed by atoms with E-state index in [0.29, 0.717) is 13.0 Å². The molecule has 0 aliphatic carbocycles. The quantitative estimate of drug-likeness (QED) is 0.0659. The number of carbonyl (C=O) groups is 2. The molecule has 0 aliphatic heterocycles. The van der Waals surface area contributed by atoms with Crippen molar-refractivity contribution in [1.82, 2.24) is 5.32 Å². The molecule has 1 N–H and O–H groups in total. The highest BCUT2D eigenvalue weighted by Gasteiger charge is 2.16. The lowest BCUT2D eigenvalue weighted by Crippen LogP contribution is -2.37. The van der Waals surface area contributed by atoms with Crippen LogP contribution >= 0.6 is 0 Å². The molecule has 37 heavy (non-hydrogen) atoms. The molecule has 0 fully saturated rings. The molecule has 0 rings (SSSR count). The summed E-state index contributed by atoms with van der Waals surface area (Å²) < 4.78 is 15.8. The summed E-state index contributed by atoms with van der Waals surface area (Å²) in [6.45, 7) is 5.32. The van der Waals surface area contributed by atoms with Gasteiger partial charge in [-0.3, -0.25) is 4.79 Å². The van der Waals surface area contributed by atoms with Crippen molar-refractivity contribution in [3.8, 4) is 0 Å². The second kappa shape index (κ2) is 29.0. The summed E-state index contributed by atoms with van der Waals surface area (Å²) in [5.41, 5.74) is 0. The van der Waals surface area contributed by atoms with E-state index in [1.807, 2.05) is 0 Å². The third-order valence-corrected chi connectivity index (χ3v) is 6.50. The number of hydrogen-bond acceptors (Lipinski definition) is 5. The molecule has 218 valence electrons. The summed E-state index contributed by atoms with van der Waals surface area (Å²) in [6, 6.07) is 0. The van der Waals surface area contributed by atoms with E-state index in [9.17, 15) is 9.59 Å². The molecule has 0 saturated heterocycles. The van der Waals surface area contributed by atoms with Crippen LogP contribution in [0.25, 0.3) is 0 Å². The minimum atomic E-state index is -0.498. The van der Waals surface area contributed by atoms with Gasteiger partial charge >= 0.3 is 12.1 Å². The average Bonchev–Trinajstić information content (AvgIpc) is 2.89. The largest absolute Gasteiger partial charge is 0.458 e. The van der Waals surface area contributed by atoms with Crippen molar-refractivity contribution in [2.24, 2.45) is 0 Å². The predicted octanol–water partition coefficient (Wildman–Crippen LogP) is 8.67. The topological polar surface area (TPSA) is 73.9 Å². The minimum absolute atomic E-state index is 0.196. The van der Waals surface area contributed by atoms with Crippen molar-refractivity contribution >= 4 is 12.1 Å². The van der Waals surface area contributed by atoms with Crippen molar-refractivity contribution in [3.63, 3.8) is 0 Å². The molecule has 1 amide bonds. The third kappa shape index (κ3) is 27.3. The van der Waals surface area contributed by atoms with Crippen LogP contribution in [0.4, 0.5) is 4.79 Å². The number of alkyl carbamates (subject to hydrolysis) is 1. The fraction of sp³-hybridized carbons (Fsp3) is 0.871. The van der Waals surface area contributed by atoms with Gasteiger partial charge in [-0.05, 0) is 38.5 Å². The van der Waals surface area contributed by atoms with E-state index in [-0.39, 0.29) is 19.1 Å². The van der Waals surface area contributed by atoms with Crippen LogP contribution in [0.1, 0.15) is 142 Å². The molecular weight excluding hydrogens is 466 g/mol. The van der Waals surface area contributed by atoms with Gasteiger partial charge in [-0.2, -0.15) is 0 Å². The summed E-state index contributed by atoms with van der Waals surface area (Å²) in [4.78, 5) is 24.1. The molecule has 1 unspecified atom stereocenters. The van der Waals surface area contributed by atoms with Crippen LogP contribution in [0.3, 0.4) is 0 Å². The van der Waals surface area contributed by atoms with Crippen molar-refractivity contribution in [1.29, 1.82) is 0 Å². The van der Waals surface area contributed by atoms with Gasteiger partial charge in [0.25, 0.3) is 0 Å². The minimum Gasteiger partial charge on any atom is -0.458 e. The molecule has 1 atom stereocenters. The summed E-state index contributed by atoms with van der Waals surface area (Å²) in [7, 11) is 1.56. The zero-order valence-electron chi connectivity index (χ0n) is 24.5. The standard InChI is InChI=1S/C31H59NO5/c1-4-6-8-10-12-13-14-15-16-17-18-19-20-21-23-25-30(33)37-29(28-35-3)27-32-31(34)36-26-24-22-11-9-7-5-2/h15-16,29H,4-14,17-28H2,1-3H3,(H,32,34)/b16-15-. The molecule has 6 nitrogen and oxygen atoms in total. The van der Waals surface area contributed by atoms with E-state index < -0.39 is 12.2 Å². The zero-order chi connectivity index (χ0) is 27.2. The number of hydrogen-bond donors (Lipinski definition) is 1. The number of allylic oxidation sites excluding steroid dienone is 2. The number of methoxy groups -OCH3 is 1. The Morgan fingerprint density at radius 3 is 1.78 bits per heavy atom. The highest BCUT2D eigenvalue weighted by Crippen LogP contribution is 2.11. The Balaban J connectivity index is 3.70. The van der Waals surface area contributed by atoms with Crippen molar-refractivity contribution in [3.05, 3.63) is 12.2 Å². The Morgan fingerprint density at radius 2 is 1.22 bits per heavy atom. The third-order valence-electron chi connectivity index (χ3n) is 6.50. The Kier molecular flexibility index (Phi) is 27.8. The zero-order valence-corrected chi connectivity index (χ0v) is 24.5. The maximum absolute atomic E-state index is 12.2. The molecule has 0 radical (unpaired) electrons. The molecule has 0 spiro atoms. The number of unbranched alkanes of at least 4 members (excludes halogenated alkanes) is 16. The number of ether oxygens (including phenoxy) is 3. The Morgan fingerprint density at radius 1 is 0.703 bits per heavy atom. The number of rotatable bonds is 27. The maximum Gasteiger partial charge on any atom is 0.407 e. The summed E-state index contributed by atoms with van der Waals surface area (Å²) in [5, 5.41) is 2.68. The highest BCUT2D eigenvalue weighted by molar-refractivity contribution is 5.70. The molecule has 0 aromatic carbocycles. The second-order valence-electron chi connectivity index (χ2n) is 10.2. The van der Waals surface area contributed by atoms with E-state index in [0.717, 1.165) is 38.5 Å². The summed E-state index contributed by atoms with van der Waals surface area (Å²) in [6.07, 6.45) is 26.9. The molecule has 0 bridgehead atoms. The molecule has 0 heterocycles. The van der Waals surface area contributed by atoms with Crippen LogP contribution in [-0.2, 0) is 19.0 Å². The van der Waals surface area contributed by atoms with Crippen LogP contribution < -0.4 is 5.32 Å². The van der Waals surface area contributed by atoms with Crippen LogP contribution in [0.2, 0.25) is 0 Å². The normalized spacial score (nSPS) is 12.1. The smallest absolute Gasteiger partial charge is 0.407 e. The van der Waals surface area contributed by atoms with Crippen LogP contribution in [-0.4, -0.2) is 45.0 Å². The van der Waals surface area contributed by atoms with Gasteiger partial charge in [0.05, 0.1) is 19.8 Å². The Bertz CT molecular complexity index is 538. The monoisotopic (exact) mass is 525 g/mol. The van der Waals surface area contributed by atoms with Gasteiger partial charge in [-0.25, -0.2) is 4.79 Å². The van der Waals surface area contributed by atoms with E-state index in [1.54, 1.807) is 7.11 Å². The lowest BCUT2D eigenvalue weighted by molar-refractivity contribution is -0.151. The van der Waals surface area contributed by atoms with Gasteiger partial charge in [0.1, 0.15) is 6.10 Å². The molecule has 0 aliphatic rings. The van der Waals surface area contributed by atoms with Crippen molar-refractivity contribution in [2.45, 2.75) is 148 Å². The van der Waals surface area contributed by atoms with Gasteiger partial charge < -0.3 is 19.5 Å². The first-order valence-corrected chi connectivity index (χ1v) is 15.4. The fourth-order valence-corrected chi connectivity index (χ4v) is 4.20. The molecular formula is C31H59NO5. The summed E-state index contributed by atoms with van der Waals surface area (Å²) in [5.74, 6) is -0.234. The van der Waals surface area contributed by atoms with Crippen molar-refractivity contribution < 1.29 is 23.8 Å². The van der Waals surface area contributed by atoms with Crippen molar-refractivity contribution in [2.75, 3.05) is 26.9 Å². The predicted molar refractivity (Wildman–Crippen MR) is 154 cm³/mol. The SMILES string of the molecule is CCCCCCCC/C=C\CCCCCCCC(=O)OC(CNC(=O)OCCCCCCCC)COC. The number of carbonyl (C=O) groups excluding carboxylic acids is 2. The molecule has 0 saturated carbocycles. The van der Waals surface area contributed by atoms with Gasteiger partial charge in [0, 0.05) is 13.5 Å². The second-order valence-corrected chi connectivity index (χ2v) is 10.2. The lowest BCUT2D eigenvalue weighted by Gasteiger charge is -2.17. The summed E-state index contributed by atoms with van der Waals surface area (Å²) >= 11 is 0. The Hall–Kier alpha value is -1.56. The number of amides is 1. The van der Waals surface area contributed by atoms with Crippen LogP contribution in [0, 0.1) is 0 Å². The first-order chi connectivity index (χ1) is 18.1. The molecule has 0 aromatic heterocycles.